The van der Waals surface area contributed by atoms with E-state index in [-0.39, 0.29) is 11.4 Å². The minimum atomic E-state index is -3.96. The van der Waals surface area contributed by atoms with Crippen molar-refractivity contribution >= 4 is 27.0 Å². The molecule has 1 atom stereocenters. The molecule has 0 aliphatic carbocycles. The van der Waals surface area contributed by atoms with Crippen LogP contribution in [-0.4, -0.2) is 53.5 Å². The second-order valence-corrected chi connectivity index (χ2v) is 6.69. The summed E-state index contributed by atoms with van der Waals surface area (Å²) in [6.45, 7) is 0. The van der Waals surface area contributed by atoms with Crippen molar-refractivity contribution in [1.29, 1.82) is 0 Å². The van der Waals surface area contributed by atoms with E-state index < -0.39 is 16.5 Å². The average molecular weight is 336 g/mol. The van der Waals surface area contributed by atoms with Crippen LogP contribution in [0.2, 0.25) is 0 Å². The number of nitrogens with zero attached hydrogens (tertiary/aromatic N) is 4. The van der Waals surface area contributed by atoms with Crippen LogP contribution >= 0.6 is 0 Å². The molecule has 1 aliphatic heterocycles. The third-order valence-corrected chi connectivity index (χ3v) is 5.03. The number of hydrogen-bond donors (Lipinski definition) is 1. The maximum Gasteiger partial charge on any atom is 0.345 e. The summed E-state index contributed by atoms with van der Waals surface area (Å²) in [5, 5.41) is 9.88. The molecular weight excluding hydrogens is 320 g/mol. The molecule has 8 nitrogen and oxygen atoms in total. The largest absolute Gasteiger partial charge is 0.363 e. The molecule has 0 saturated heterocycles. The molecule has 0 amide bonds. The van der Waals surface area contributed by atoms with Crippen LogP contribution < -0.4 is 0 Å². The molecule has 9 heteroatoms. The number of aliphatic hydroxyl groups excluding tert-OH is 1. The van der Waals surface area contributed by atoms with Gasteiger partial charge in [0.15, 0.2) is 12.1 Å². The second kappa shape index (κ2) is 5.44. The number of para-hydroxylation sites is 2. The lowest BCUT2D eigenvalue weighted by Gasteiger charge is -2.26. The van der Waals surface area contributed by atoms with E-state index in [1.807, 2.05) is 24.3 Å². The summed E-state index contributed by atoms with van der Waals surface area (Å²) in [6, 6.07) is 7.43. The number of hydrogen-bond acceptors (Lipinski definition) is 5. The maximum absolute atomic E-state index is 12.2. The number of rotatable bonds is 3. The molecule has 122 valence electrons. The zero-order valence-electron chi connectivity index (χ0n) is 12.8. The smallest absolute Gasteiger partial charge is 0.345 e. The third-order valence-electron chi connectivity index (χ3n) is 3.70. The molecule has 1 aliphatic rings. The van der Waals surface area contributed by atoms with Crippen molar-refractivity contribution in [2.45, 2.75) is 6.29 Å². The van der Waals surface area contributed by atoms with Crippen molar-refractivity contribution in [2.75, 3.05) is 14.2 Å². The Labute approximate surface area is 133 Å². The lowest BCUT2D eigenvalue weighted by atomic mass is 10.2. The Hall–Kier alpha value is -2.23. The van der Waals surface area contributed by atoms with Crippen LogP contribution in [0, 0.1) is 0 Å². The summed E-state index contributed by atoms with van der Waals surface area (Å²) in [5.74, 6) is 0.392. The van der Waals surface area contributed by atoms with Gasteiger partial charge in [-0.3, -0.25) is 4.31 Å². The molecule has 1 aromatic carbocycles. The number of aliphatic hydroxyl groups is 1. The van der Waals surface area contributed by atoms with Crippen molar-refractivity contribution in [2.24, 2.45) is 11.4 Å². The standard InChI is InChI=1S/C14H16N4O4S/c1-17-11-7-5-4-6-9(11)15-13(17)10-8-12(14(19)22-3)18(2)23(20,21)16-10/h4-8,14,19H,1-3H3. The van der Waals surface area contributed by atoms with E-state index in [1.165, 1.54) is 20.2 Å². The van der Waals surface area contributed by atoms with Crippen LogP contribution in [0.3, 0.4) is 0 Å². The fourth-order valence-electron chi connectivity index (χ4n) is 2.40. The van der Waals surface area contributed by atoms with Gasteiger partial charge in [0.05, 0.1) is 16.7 Å². The van der Waals surface area contributed by atoms with Crippen molar-refractivity contribution in [3.05, 3.63) is 41.9 Å². The molecule has 1 aromatic heterocycles. The molecule has 0 radical (unpaired) electrons. The molecule has 0 saturated carbocycles. The number of ether oxygens (including phenoxy) is 1. The molecule has 0 fully saturated rings. The van der Waals surface area contributed by atoms with Crippen LogP contribution in [-0.2, 0) is 22.0 Å². The highest BCUT2D eigenvalue weighted by molar-refractivity contribution is 7.88. The second-order valence-electron chi connectivity index (χ2n) is 5.06. The molecule has 0 bridgehead atoms. The van der Waals surface area contributed by atoms with Gasteiger partial charge in [-0.05, 0) is 18.2 Å². The number of fused-ring (bicyclic) bond motifs is 1. The van der Waals surface area contributed by atoms with E-state index in [1.54, 1.807) is 11.6 Å². The highest BCUT2D eigenvalue weighted by Gasteiger charge is 2.31. The van der Waals surface area contributed by atoms with Gasteiger partial charge in [0, 0.05) is 21.2 Å². The van der Waals surface area contributed by atoms with Crippen molar-refractivity contribution in [1.82, 2.24) is 13.9 Å². The average Bonchev–Trinajstić information content (AvgIpc) is 2.86. The first-order valence-electron chi connectivity index (χ1n) is 6.78. The van der Waals surface area contributed by atoms with Gasteiger partial charge in [-0.1, -0.05) is 12.1 Å². The minimum Gasteiger partial charge on any atom is -0.363 e. The SMILES string of the molecule is COC(O)C1=CC(c2nc3ccccc3n2C)=NS(=O)(=O)N1C. The van der Waals surface area contributed by atoms with Gasteiger partial charge in [0.2, 0.25) is 0 Å². The van der Waals surface area contributed by atoms with Crippen LogP contribution in [0.1, 0.15) is 5.82 Å². The Morgan fingerprint density at radius 1 is 1.26 bits per heavy atom. The number of benzene rings is 1. The van der Waals surface area contributed by atoms with Crippen LogP contribution in [0.25, 0.3) is 11.0 Å². The van der Waals surface area contributed by atoms with Gasteiger partial charge in [-0.25, -0.2) is 4.98 Å². The molecule has 23 heavy (non-hydrogen) atoms. The van der Waals surface area contributed by atoms with E-state index in [2.05, 4.69) is 9.38 Å². The quantitative estimate of drug-likeness (QED) is 0.819. The minimum absolute atomic E-state index is 0.0737. The summed E-state index contributed by atoms with van der Waals surface area (Å²) in [4.78, 5) is 4.43. The Kier molecular flexibility index (Phi) is 3.71. The lowest BCUT2D eigenvalue weighted by Crippen LogP contribution is -2.36. The maximum atomic E-state index is 12.2. The molecule has 1 unspecified atom stereocenters. The molecule has 1 N–H and O–H groups in total. The first-order valence-corrected chi connectivity index (χ1v) is 8.18. The Balaban J connectivity index is 2.21. The van der Waals surface area contributed by atoms with Gasteiger partial charge >= 0.3 is 10.2 Å². The topological polar surface area (TPSA) is 97.0 Å². The molecule has 2 heterocycles. The predicted molar refractivity (Wildman–Crippen MR) is 85.0 cm³/mol. The zero-order chi connectivity index (χ0) is 16.8. The number of imidazole rings is 1. The third kappa shape index (κ3) is 2.52. The summed E-state index contributed by atoms with van der Waals surface area (Å²) < 4.78 is 35.7. The van der Waals surface area contributed by atoms with Crippen LogP contribution in [0.15, 0.2) is 40.4 Å². The highest BCUT2D eigenvalue weighted by Crippen LogP contribution is 2.23. The Morgan fingerprint density at radius 2 is 1.96 bits per heavy atom. The van der Waals surface area contributed by atoms with Gasteiger partial charge in [-0.2, -0.15) is 8.42 Å². The van der Waals surface area contributed by atoms with Crippen molar-refractivity contribution < 1.29 is 18.3 Å². The van der Waals surface area contributed by atoms with E-state index >= 15 is 0 Å². The zero-order valence-corrected chi connectivity index (χ0v) is 13.6. The normalized spacial score (nSPS) is 18.7. The van der Waals surface area contributed by atoms with Gasteiger partial charge < -0.3 is 14.4 Å². The van der Waals surface area contributed by atoms with E-state index in [0.29, 0.717) is 5.82 Å². The molecule has 0 spiro atoms. The summed E-state index contributed by atoms with van der Waals surface area (Å²) in [6.07, 6.45) is 0.0751. The number of likely N-dealkylation sites (N-methyl/N-ethyl adjacent to an activating group) is 1. The number of methoxy groups -OCH3 is 1. The van der Waals surface area contributed by atoms with Gasteiger partial charge in [-0.15, -0.1) is 4.40 Å². The van der Waals surface area contributed by atoms with Gasteiger partial charge in [0.1, 0.15) is 5.71 Å². The first kappa shape index (κ1) is 15.7. The number of aromatic nitrogens is 2. The van der Waals surface area contributed by atoms with E-state index in [0.717, 1.165) is 15.3 Å². The van der Waals surface area contributed by atoms with E-state index in [9.17, 15) is 13.5 Å². The molecule has 2 aromatic rings. The molecule has 3 rings (SSSR count). The highest BCUT2D eigenvalue weighted by atomic mass is 32.2. The Morgan fingerprint density at radius 3 is 2.61 bits per heavy atom. The number of aryl methyl sites for hydroxylation is 1. The van der Waals surface area contributed by atoms with Crippen molar-refractivity contribution in [3.8, 4) is 0 Å². The van der Waals surface area contributed by atoms with Crippen LogP contribution in [0.4, 0.5) is 0 Å². The summed E-state index contributed by atoms with van der Waals surface area (Å²) >= 11 is 0. The van der Waals surface area contributed by atoms with Gasteiger partial charge in [0.25, 0.3) is 0 Å². The fraction of sp³-hybridized carbons (Fsp3) is 0.286. The Bertz CT molecular complexity index is 929. The van der Waals surface area contributed by atoms with Crippen molar-refractivity contribution in [3.63, 3.8) is 0 Å². The van der Waals surface area contributed by atoms with Crippen LogP contribution in [0.5, 0.6) is 0 Å². The lowest BCUT2D eigenvalue weighted by molar-refractivity contribution is -0.0542. The van der Waals surface area contributed by atoms with E-state index in [4.69, 9.17) is 4.74 Å². The monoisotopic (exact) mass is 336 g/mol. The fourth-order valence-corrected chi connectivity index (χ4v) is 3.32. The summed E-state index contributed by atoms with van der Waals surface area (Å²) in [7, 11) is 0.407. The number of allylic oxidation sites excluding steroid dienone is 1. The predicted octanol–water partition coefficient (Wildman–Crippen LogP) is 0.401. The first-order chi connectivity index (χ1) is 10.8. The summed E-state index contributed by atoms with van der Waals surface area (Å²) in [5.41, 5.74) is 1.80. The molecular formula is C14H16N4O4S.